The summed E-state index contributed by atoms with van der Waals surface area (Å²) in [6.45, 7) is 1.66. The van der Waals surface area contributed by atoms with E-state index in [1.807, 2.05) is 0 Å². The third kappa shape index (κ3) is 6.93. The van der Waals surface area contributed by atoms with E-state index in [0.717, 1.165) is 37.5 Å². The largest absolute Gasteiger partial charge is 0.351 e. The molecule has 4 bridgehead atoms. The molecule has 44 heavy (non-hydrogen) atoms. The van der Waals surface area contributed by atoms with Crippen LogP contribution in [0.1, 0.15) is 72.0 Å². The number of nitrogens with zero attached hydrogens (tertiary/aromatic N) is 3. The van der Waals surface area contributed by atoms with Gasteiger partial charge in [0.1, 0.15) is 23.2 Å². The number of Topliss-reactive ketones (excluding diaryl/α,β-unsaturated/α-hetero) is 1. The van der Waals surface area contributed by atoms with Gasteiger partial charge >= 0.3 is 0 Å². The van der Waals surface area contributed by atoms with Crippen LogP contribution in [-0.2, 0) is 25.7 Å². The van der Waals surface area contributed by atoms with Crippen LogP contribution in [0, 0.1) is 23.7 Å². The molecule has 0 radical (unpaired) electrons. The van der Waals surface area contributed by atoms with Crippen molar-refractivity contribution in [1.82, 2.24) is 30.1 Å². The number of nitrogens with one attached hydrogen (secondary N) is 4. The summed E-state index contributed by atoms with van der Waals surface area (Å²) in [5.74, 6) is -1.07. The van der Waals surface area contributed by atoms with Crippen molar-refractivity contribution in [2.45, 2.75) is 70.5 Å². The Labute approximate surface area is 256 Å². The van der Waals surface area contributed by atoms with Gasteiger partial charge in [-0.05, 0) is 92.8 Å². The quantitative estimate of drug-likeness (QED) is 0.183. The fourth-order valence-corrected chi connectivity index (χ4v) is 7.63. The molecule has 1 atom stereocenters. The molecular weight excluding hydrogens is 590 g/mol. The number of carbonyl (C=O) groups excluding carboxylic acids is 6. The summed E-state index contributed by atoms with van der Waals surface area (Å²) >= 11 is 0.647. The zero-order chi connectivity index (χ0) is 31.4. The van der Waals surface area contributed by atoms with Gasteiger partial charge in [-0.1, -0.05) is 4.49 Å². The minimum Gasteiger partial charge on any atom is -0.351 e. The lowest BCUT2D eigenvalue weighted by atomic mass is 9.54. The monoisotopic (exact) mass is 625 g/mol. The molecule has 4 aliphatic rings. The molecular formula is C29H35N7O7S. The number of aldehydes is 1. The summed E-state index contributed by atoms with van der Waals surface area (Å²) in [6, 6.07) is 1.63. The summed E-state index contributed by atoms with van der Waals surface area (Å²) < 4.78 is 4.77. The molecule has 14 nitrogen and oxygen atoms in total. The second-order valence-corrected chi connectivity index (χ2v) is 12.6. The second kappa shape index (κ2) is 13.6. The first-order chi connectivity index (χ1) is 21.2. The van der Waals surface area contributed by atoms with Crippen molar-refractivity contribution in [2.24, 2.45) is 23.7 Å². The molecule has 0 aliphatic heterocycles. The molecule has 0 aromatic carbocycles. The lowest BCUT2D eigenvalue weighted by molar-refractivity contribution is -0.138. The summed E-state index contributed by atoms with van der Waals surface area (Å²) in [5, 5.41) is 14.0. The first kappa shape index (κ1) is 31.2. The van der Waals surface area contributed by atoms with Gasteiger partial charge in [-0.15, -0.1) is 5.10 Å². The fourth-order valence-electron chi connectivity index (χ4n) is 7.10. The zero-order valence-corrected chi connectivity index (χ0v) is 25.1. The Morgan fingerprint density at radius 2 is 1.80 bits per heavy atom. The van der Waals surface area contributed by atoms with Crippen molar-refractivity contribution in [2.75, 3.05) is 11.9 Å². The van der Waals surface area contributed by atoms with Crippen LogP contribution >= 0.6 is 11.5 Å². The maximum absolute atomic E-state index is 13.3. The van der Waals surface area contributed by atoms with E-state index >= 15 is 0 Å². The van der Waals surface area contributed by atoms with Crippen molar-refractivity contribution in [3.05, 3.63) is 39.3 Å². The van der Waals surface area contributed by atoms with Crippen molar-refractivity contribution in [3.63, 3.8) is 0 Å². The average molecular weight is 626 g/mol. The SMILES string of the molecule is CCNC(=O)C(=O)CC[C@H](NC(=O)c1snnc1C=O)C(=O)Nc1cccn(CC(=O)NC2C3CC4CC(C3)CC2C4)c1=O. The predicted molar refractivity (Wildman–Crippen MR) is 158 cm³/mol. The Bertz CT molecular complexity index is 1490. The number of pyridine rings is 1. The Kier molecular flexibility index (Phi) is 9.61. The molecule has 15 heteroatoms. The van der Waals surface area contributed by atoms with Gasteiger partial charge in [0, 0.05) is 25.2 Å². The highest BCUT2D eigenvalue weighted by atomic mass is 32.1. The second-order valence-electron chi connectivity index (χ2n) is 11.8. The number of rotatable bonds is 13. The number of aromatic nitrogens is 3. The van der Waals surface area contributed by atoms with Crippen LogP contribution in [0.2, 0.25) is 0 Å². The number of ketones is 1. The third-order valence-electron chi connectivity index (χ3n) is 8.85. The Morgan fingerprint density at radius 3 is 2.45 bits per heavy atom. The summed E-state index contributed by atoms with van der Waals surface area (Å²) in [7, 11) is 0. The van der Waals surface area contributed by atoms with Crippen LogP contribution in [0.5, 0.6) is 0 Å². The maximum atomic E-state index is 13.3. The molecule has 4 fully saturated rings. The third-order valence-corrected chi connectivity index (χ3v) is 9.59. The topological polar surface area (TPSA) is 198 Å². The molecule has 2 aromatic heterocycles. The standard InChI is InChI=1S/C29H35N7O7S/c1-2-30-27(41)22(38)6-5-19(31-28(42)25-21(14-37)34-35-44-25)26(40)32-20-4-3-7-36(29(20)43)13-23(39)33-24-17-9-15-8-16(11-17)12-18(24)10-15/h3-4,7,14-19,24H,2,5-6,8-13H2,1H3,(H,30,41)(H,31,42)(H,32,40)(H,33,39)/t15?,16?,17?,18?,19-,24?/m0/s1. The molecule has 4 aliphatic carbocycles. The molecule has 2 heterocycles. The summed E-state index contributed by atoms with van der Waals surface area (Å²) in [5.41, 5.74) is -0.982. The first-order valence-corrected chi connectivity index (χ1v) is 15.6. The number of amides is 4. The first-order valence-electron chi connectivity index (χ1n) is 14.9. The van der Waals surface area contributed by atoms with Crippen molar-refractivity contribution in [3.8, 4) is 0 Å². The van der Waals surface area contributed by atoms with E-state index in [1.165, 1.54) is 29.3 Å². The molecule has 0 spiro atoms. The lowest BCUT2D eigenvalue weighted by Crippen LogP contribution is -2.56. The molecule has 4 saturated carbocycles. The van der Waals surface area contributed by atoms with Gasteiger partial charge in [0.2, 0.25) is 17.6 Å². The highest BCUT2D eigenvalue weighted by molar-refractivity contribution is 7.08. The Morgan fingerprint density at radius 1 is 1.09 bits per heavy atom. The van der Waals surface area contributed by atoms with E-state index < -0.39 is 35.1 Å². The predicted octanol–water partition coefficient (Wildman–Crippen LogP) is 0.676. The summed E-state index contributed by atoms with van der Waals surface area (Å²) in [6.07, 6.45) is 7.02. The van der Waals surface area contributed by atoms with E-state index in [9.17, 15) is 33.6 Å². The van der Waals surface area contributed by atoms with Gasteiger partial charge in [0.15, 0.2) is 12.0 Å². The van der Waals surface area contributed by atoms with Crippen LogP contribution in [0.4, 0.5) is 5.69 Å². The molecule has 4 amide bonds. The van der Waals surface area contributed by atoms with E-state index in [2.05, 4.69) is 30.9 Å². The number of hydrogen-bond donors (Lipinski definition) is 4. The zero-order valence-electron chi connectivity index (χ0n) is 24.2. The Balaban J connectivity index is 1.25. The van der Waals surface area contributed by atoms with Crippen molar-refractivity contribution in [1.29, 1.82) is 0 Å². The van der Waals surface area contributed by atoms with E-state index in [1.54, 1.807) is 6.92 Å². The van der Waals surface area contributed by atoms with Crippen LogP contribution in [0.3, 0.4) is 0 Å². The molecule has 0 unspecified atom stereocenters. The average Bonchev–Trinajstić information content (AvgIpc) is 3.48. The van der Waals surface area contributed by atoms with Gasteiger partial charge in [0.25, 0.3) is 17.4 Å². The van der Waals surface area contributed by atoms with Crippen molar-refractivity contribution >= 4 is 52.9 Å². The van der Waals surface area contributed by atoms with Crippen molar-refractivity contribution < 1.29 is 28.8 Å². The fraction of sp³-hybridized carbons (Fsp3) is 0.552. The van der Waals surface area contributed by atoms with Crippen LogP contribution in [0.15, 0.2) is 23.1 Å². The highest BCUT2D eigenvalue weighted by Crippen LogP contribution is 2.53. The number of likely N-dealkylation sites (N-methyl/N-ethyl adjacent to an activating group) is 1. The van der Waals surface area contributed by atoms with E-state index in [4.69, 9.17) is 0 Å². The van der Waals surface area contributed by atoms with Gasteiger partial charge < -0.3 is 25.8 Å². The van der Waals surface area contributed by atoms with Gasteiger partial charge in [-0.3, -0.25) is 33.6 Å². The van der Waals surface area contributed by atoms with Gasteiger partial charge in [0.05, 0.1) is 0 Å². The molecule has 2 aromatic rings. The molecule has 6 rings (SSSR count). The van der Waals surface area contributed by atoms with Crippen LogP contribution < -0.4 is 26.8 Å². The van der Waals surface area contributed by atoms with Gasteiger partial charge in [-0.25, -0.2) is 0 Å². The lowest BCUT2D eigenvalue weighted by Gasteiger charge is -2.54. The molecule has 0 saturated heterocycles. The van der Waals surface area contributed by atoms with E-state index in [-0.39, 0.29) is 54.1 Å². The smallest absolute Gasteiger partial charge is 0.287 e. The number of hydrogen-bond acceptors (Lipinski definition) is 10. The minimum atomic E-state index is -1.37. The summed E-state index contributed by atoms with van der Waals surface area (Å²) in [4.78, 5) is 87.6. The van der Waals surface area contributed by atoms with E-state index in [0.29, 0.717) is 29.7 Å². The Hall–Kier alpha value is -4.27. The van der Waals surface area contributed by atoms with Gasteiger partial charge in [-0.2, -0.15) is 0 Å². The molecule has 234 valence electrons. The normalized spacial score (nSPS) is 23.8. The number of carbonyl (C=O) groups is 6. The maximum Gasteiger partial charge on any atom is 0.287 e. The van der Waals surface area contributed by atoms with Crippen LogP contribution in [0.25, 0.3) is 0 Å². The minimum absolute atomic E-state index is 0.119. The molecule has 4 N–H and O–H groups in total. The van der Waals surface area contributed by atoms with Crippen LogP contribution in [-0.4, -0.2) is 68.5 Å². The number of anilines is 1. The highest BCUT2D eigenvalue weighted by Gasteiger charge is 2.48.